The van der Waals surface area contributed by atoms with Gasteiger partial charge >= 0.3 is 0 Å². The third kappa shape index (κ3) is 4.72. The van der Waals surface area contributed by atoms with Crippen LogP contribution in [0.5, 0.6) is 0 Å². The predicted octanol–water partition coefficient (Wildman–Crippen LogP) is 5.06. The van der Waals surface area contributed by atoms with Gasteiger partial charge in [0.15, 0.2) is 0 Å². The largest absolute Gasteiger partial charge is 0.354 e. The van der Waals surface area contributed by atoms with E-state index < -0.39 is 0 Å². The number of hydrogen-bond donors (Lipinski definition) is 2. The van der Waals surface area contributed by atoms with Gasteiger partial charge in [-0.3, -0.25) is 9.78 Å². The maximum atomic E-state index is 12.3. The Labute approximate surface area is 155 Å². The zero-order chi connectivity index (χ0) is 17.6. The first-order valence-corrected chi connectivity index (χ1v) is 8.38. The van der Waals surface area contributed by atoms with Crippen LogP contribution in [0.4, 0.5) is 11.4 Å². The number of aromatic nitrogens is 1. The number of amides is 1. The van der Waals surface area contributed by atoms with E-state index in [1.54, 1.807) is 36.5 Å². The number of rotatable bonds is 5. The van der Waals surface area contributed by atoms with Gasteiger partial charge in [-0.2, -0.15) is 0 Å². The topological polar surface area (TPSA) is 54.0 Å². The Morgan fingerprint density at radius 1 is 1.00 bits per heavy atom. The van der Waals surface area contributed by atoms with Crippen molar-refractivity contribution >= 4 is 40.5 Å². The molecule has 25 heavy (non-hydrogen) atoms. The number of pyridine rings is 1. The summed E-state index contributed by atoms with van der Waals surface area (Å²) in [4.78, 5) is 16.4. The summed E-state index contributed by atoms with van der Waals surface area (Å²) in [7, 11) is 0. The van der Waals surface area contributed by atoms with E-state index in [9.17, 15) is 4.79 Å². The van der Waals surface area contributed by atoms with Crippen molar-refractivity contribution in [2.45, 2.75) is 6.54 Å². The maximum Gasteiger partial charge on any atom is 0.270 e. The number of hydrogen-bond acceptors (Lipinski definition) is 3. The monoisotopic (exact) mass is 371 g/mol. The Morgan fingerprint density at radius 3 is 2.56 bits per heavy atom. The highest BCUT2D eigenvalue weighted by Gasteiger charge is 2.09. The Hall–Kier alpha value is -2.56. The Morgan fingerprint density at radius 2 is 1.80 bits per heavy atom. The van der Waals surface area contributed by atoms with Gasteiger partial charge in [0, 0.05) is 23.5 Å². The van der Waals surface area contributed by atoms with Crippen molar-refractivity contribution < 1.29 is 4.79 Å². The second kappa shape index (κ2) is 8.01. The molecule has 0 aliphatic heterocycles. The zero-order valence-electron chi connectivity index (χ0n) is 13.2. The van der Waals surface area contributed by atoms with Crippen molar-refractivity contribution in [3.63, 3.8) is 0 Å². The van der Waals surface area contributed by atoms with Crippen molar-refractivity contribution in [2.24, 2.45) is 0 Å². The van der Waals surface area contributed by atoms with E-state index in [-0.39, 0.29) is 5.91 Å². The molecule has 0 fully saturated rings. The molecular weight excluding hydrogens is 357 g/mol. The van der Waals surface area contributed by atoms with Crippen molar-refractivity contribution in [1.82, 2.24) is 10.3 Å². The fraction of sp³-hybridized carbons (Fsp3) is 0.0526. The third-order valence-corrected chi connectivity index (χ3v) is 4.05. The lowest BCUT2D eigenvalue weighted by Gasteiger charge is -2.10. The van der Waals surface area contributed by atoms with Crippen LogP contribution in [0.25, 0.3) is 0 Å². The van der Waals surface area contributed by atoms with Crippen molar-refractivity contribution in [3.05, 3.63) is 88.2 Å². The molecule has 6 heteroatoms. The average Bonchev–Trinajstić information content (AvgIpc) is 2.63. The number of benzene rings is 2. The van der Waals surface area contributed by atoms with E-state index in [0.717, 1.165) is 5.56 Å². The van der Waals surface area contributed by atoms with Gasteiger partial charge in [-0.05, 0) is 35.9 Å². The highest BCUT2D eigenvalue weighted by atomic mass is 35.5. The number of nitrogens with zero attached hydrogens (tertiary/aromatic N) is 1. The van der Waals surface area contributed by atoms with Gasteiger partial charge in [0.25, 0.3) is 5.91 Å². The minimum atomic E-state index is -0.241. The van der Waals surface area contributed by atoms with Gasteiger partial charge in [0.05, 0.1) is 10.7 Å². The predicted molar refractivity (Wildman–Crippen MR) is 102 cm³/mol. The number of nitrogens with one attached hydrogen (secondary N) is 2. The summed E-state index contributed by atoms with van der Waals surface area (Å²) < 4.78 is 0. The van der Waals surface area contributed by atoms with Crippen LogP contribution in [0.1, 0.15) is 16.1 Å². The summed E-state index contributed by atoms with van der Waals surface area (Å²) in [6.07, 6.45) is 1.57. The number of halogens is 2. The van der Waals surface area contributed by atoms with Gasteiger partial charge in [-0.1, -0.05) is 53.5 Å². The number of carbonyl (C=O) groups excluding carboxylic acids is 1. The molecule has 2 N–H and O–H groups in total. The molecule has 0 saturated heterocycles. The minimum Gasteiger partial charge on any atom is -0.354 e. The molecule has 0 atom stereocenters. The smallest absolute Gasteiger partial charge is 0.270 e. The van der Waals surface area contributed by atoms with E-state index in [0.29, 0.717) is 33.7 Å². The van der Waals surface area contributed by atoms with Crippen LogP contribution >= 0.6 is 23.2 Å². The molecule has 0 aliphatic carbocycles. The van der Waals surface area contributed by atoms with Crippen molar-refractivity contribution in [3.8, 4) is 0 Å². The van der Waals surface area contributed by atoms with E-state index in [4.69, 9.17) is 23.2 Å². The SMILES string of the molecule is O=C(NCc1ccccc1)c1cc(Nc2ccc(Cl)cc2Cl)ccn1. The summed E-state index contributed by atoms with van der Waals surface area (Å²) in [5.41, 5.74) is 2.76. The summed E-state index contributed by atoms with van der Waals surface area (Å²) >= 11 is 12.1. The Bertz CT molecular complexity index is 885. The van der Waals surface area contributed by atoms with Crippen LogP contribution in [-0.2, 0) is 6.54 Å². The van der Waals surface area contributed by atoms with Crippen LogP contribution in [0.15, 0.2) is 66.9 Å². The Balaban J connectivity index is 1.69. The van der Waals surface area contributed by atoms with Gasteiger partial charge in [-0.15, -0.1) is 0 Å². The van der Waals surface area contributed by atoms with Gasteiger partial charge < -0.3 is 10.6 Å². The lowest BCUT2D eigenvalue weighted by Crippen LogP contribution is -2.23. The molecule has 1 aromatic heterocycles. The fourth-order valence-corrected chi connectivity index (χ4v) is 2.70. The van der Waals surface area contributed by atoms with Crippen LogP contribution < -0.4 is 10.6 Å². The number of carbonyl (C=O) groups is 1. The molecule has 126 valence electrons. The first kappa shape index (κ1) is 17.3. The van der Waals surface area contributed by atoms with E-state index in [1.165, 1.54) is 0 Å². The van der Waals surface area contributed by atoms with Gasteiger partial charge in [0.2, 0.25) is 0 Å². The molecule has 1 heterocycles. The zero-order valence-corrected chi connectivity index (χ0v) is 14.7. The summed E-state index contributed by atoms with van der Waals surface area (Å²) in [6.45, 7) is 0.446. The van der Waals surface area contributed by atoms with Crippen LogP contribution in [-0.4, -0.2) is 10.9 Å². The molecule has 0 saturated carbocycles. The highest BCUT2D eigenvalue weighted by Crippen LogP contribution is 2.28. The average molecular weight is 372 g/mol. The quantitative estimate of drug-likeness (QED) is 0.658. The standard InChI is InChI=1S/C19H15Cl2N3O/c20-14-6-7-17(16(21)10-14)24-15-8-9-22-18(11-15)19(25)23-12-13-4-2-1-3-5-13/h1-11H,12H2,(H,22,24)(H,23,25). The molecule has 0 bridgehead atoms. The second-order valence-electron chi connectivity index (χ2n) is 5.35. The van der Waals surface area contributed by atoms with E-state index in [1.807, 2.05) is 30.3 Å². The van der Waals surface area contributed by atoms with Gasteiger partial charge in [0.1, 0.15) is 5.69 Å². The minimum absolute atomic E-state index is 0.241. The molecular formula is C19H15Cl2N3O. The lowest BCUT2D eigenvalue weighted by molar-refractivity contribution is 0.0946. The van der Waals surface area contributed by atoms with Crippen LogP contribution in [0, 0.1) is 0 Å². The van der Waals surface area contributed by atoms with Crippen LogP contribution in [0.3, 0.4) is 0 Å². The van der Waals surface area contributed by atoms with Crippen LogP contribution in [0.2, 0.25) is 10.0 Å². The molecule has 0 unspecified atom stereocenters. The summed E-state index contributed by atoms with van der Waals surface area (Å²) in [5.74, 6) is -0.241. The van der Waals surface area contributed by atoms with Crippen molar-refractivity contribution in [2.75, 3.05) is 5.32 Å². The molecule has 0 radical (unpaired) electrons. The van der Waals surface area contributed by atoms with Gasteiger partial charge in [-0.25, -0.2) is 0 Å². The van der Waals surface area contributed by atoms with Crippen molar-refractivity contribution in [1.29, 1.82) is 0 Å². The molecule has 1 amide bonds. The van der Waals surface area contributed by atoms with E-state index in [2.05, 4.69) is 15.6 Å². The van der Waals surface area contributed by atoms with E-state index >= 15 is 0 Å². The lowest BCUT2D eigenvalue weighted by atomic mass is 10.2. The molecule has 3 rings (SSSR count). The molecule has 0 aliphatic rings. The first-order valence-electron chi connectivity index (χ1n) is 7.62. The highest BCUT2D eigenvalue weighted by molar-refractivity contribution is 6.36. The first-order chi connectivity index (χ1) is 12.1. The molecule has 2 aromatic carbocycles. The fourth-order valence-electron chi connectivity index (χ4n) is 2.25. The number of anilines is 2. The molecule has 0 spiro atoms. The normalized spacial score (nSPS) is 10.3. The maximum absolute atomic E-state index is 12.3. The third-order valence-electron chi connectivity index (χ3n) is 3.50. The summed E-state index contributed by atoms with van der Waals surface area (Å²) in [6, 6.07) is 18.3. The molecule has 3 aromatic rings. The Kier molecular flexibility index (Phi) is 5.53. The molecule has 4 nitrogen and oxygen atoms in total. The summed E-state index contributed by atoms with van der Waals surface area (Å²) in [5, 5.41) is 7.07. The second-order valence-corrected chi connectivity index (χ2v) is 6.19.